The van der Waals surface area contributed by atoms with Crippen LogP contribution in [0.5, 0.6) is 5.88 Å². The van der Waals surface area contributed by atoms with Gasteiger partial charge in [-0.15, -0.1) is 5.10 Å². The molecule has 18 heavy (non-hydrogen) atoms. The van der Waals surface area contributed by atoms with Gasteiger partial charge in [0.05, 0.1) is 0 Å². The van der Waals surface area contributed by atoms with Crippen molar-refractivity contribution in [3.63, 3.8) is 0 Å². The Balaban J connectivity index is 1.95. The minimum atomic E-state index is -0.510. The minimum Gasteiger partial charge on any atom is -0.444 e. The van der Waals surface area contributed by atoms with E-state index < -0.39 is 12.6 Å². The van der Waals surface area contributed by atoms with Crippen LogP contribution in [0.25, 0.3) is 0 Å². The van der Waals surface area contributed by atoms with Crippen LogP contribution in [0.1, 0.15) is 6.92 Å². The smallest absolute Gasteiger partial charge is 0.264 e. The Morgan fingerprint density at radius 1 is 1.44 bits per heavy atom. The van der Waals surface area contributed by atoms with Gasteiger partial charge in [-0.05, 0) is 6.54 Å². The quantitative estimate of drug-likeness (QED) is 0.344. The molecular weight excluding hydrogens is 238 g/mol. The highest BCUT2D eigenvalue weighted by molar-refractivity contribution is 5.06. The van der Waals surface area contributed by atoms with Crippen molar-refractivity contribution in [1.29, 1.82) is 0 Å². The number of nitrogens with zero attached hydrogens (tertiary/aromatic N) is 1. The summed E-state index contributed by atoms with van der Waals surface area (Å²) < 4.78 is 5.49. The van der Waals surface area contributed by atoms with Gasteiger partial charge in [0, 0.05) is 12.1 Å². The lowest BCUT2D eigenvalue weighted by atomic mass is 10.5. The van der Waals surface area contributed by atoms with Gasteiger partial charge in [0.25, 0.3) is 5.56 Å². The van der Waals surface area contributed by atoms with Crippen LogP contribution in [0.3, 0.4) is 0 Å². The first kappa shape index (κ1) is 12.9. The Hall–Kier alpha value is -1.52. The fraction of sp³-hybridized carbons (Fsp3) is 0.556. The summed E-state index contributed by atoms with van der Waals surface area (Å²) in [5.74, 6) is 0.295. The van der Waals surface area contributed by atoms with E-state index in [2.05, 4.69) is 31.5 Å². The molecule has 2 rings (SSSR count). The zero-order valence-corrected chi connectivity index (χ0v) is 9.93. The number of aromatic nitrogens is 2. The molecule has 1 aromatic rings. The van der Waals surface area contributed by atoms with Crippen molar-refractivity contribution >= 4 is 0 Å². The second-order valence-electron chi connectivity index (χ2n) is 3.73. The van der Waals surface area contributed by atoms with Gasteiger partial charge in [0.15, 0.2) is 0 Å². The average molecular weight is 255 g/mol. The SMILES string of the molecule is CCNC1NC(N)NC(Oc2ccc(=O)[nH]n2)N1. The van der Waals surface area contributed by atoms with Gasteiger partial charge in [-0.2, -0.15) is 0 Å². The molecular formula is C9H17N7O2. The molecule has 9 nitrogen and oxygen atoms in total. The number of hydrogen-bond acceptors (Lipinski definition) is 8. The fourth-order valence-electron chi connectivity index (χ4n) is 1.55. The van der Waals surface area contributed by atoms with Gasteiger partial charge in [-0.3, -0.25) is 15.4 Å². The first-order valence-corrected chi connectivity index (χ1v) is 5.67. The van der Waals surface area contributed by atoms with Gasteiger partial charge >= 0.3 is 0 Å². The normalized spacial score (nSPS) is 28.0. The Kier molecular flexibility index (Phi) is 4.23. The van der Waals surface area contributed by atoms with Crippen molar-refractivity contribution in [3.8, 4) is 5.88 Å². The summed E-state index contributed by atoms with van der Waals surface area (Å²) in [5, 5.41) is 18.2. The zero-order valence-electron chi connectivity index (χ0n) is 9.93. The highest BCUT2D eigenvalue weighted by Crippen LogP contribution is 2.02. The van der Waals surface area contributed by atoms with Crippen molar-refractivity contribution < 1.29 is 4.74 Å². The molecule has 1 aromatic heterocycles. The number of aromatic amines is 1. The Bertz CT molecular complexity index is 417. The molecule has 0 amide bonds. The third-order valence-electron chi connectivity index (χ3n) is 2.30. The van der Waals surface area contributed by atoms with Gasteiger partial charge < -0.3 is 10.5 Å². The molecule has 9 heteroatoms. The third kappa shape index (κ3) is 3.48. The molecule has 7 N–H and O–H groups in total. The number of ether oxygens (including phenoxy) is 1. The highest BCUT2D eigenvalue weighted by atomic mass is 16.5. The molecule has 1 aliphatic heterocycles. The standard InChI is InChI=1S/C9H17N7O2/c1-2-11-8-12-7(10)13-9(14-8)18-6-4-3-5(17)15-16-6/h3-4,7-9,11-14H,2,10H2,1H3,(H,15,17). The summed E-state index contributed by atoms with van der Waals surface area (Å²) in [6, 6.07) is 2.82. The van der Waals surface area contributed by atoms with Crippen molar-refractivity contribution in [2.24, 2.45) is 5.73 Å². The third-order valence-corrected chi connectivity index (χ3v) is 2.30. The van der Waals surface area contributed by atoms with Gasteiger partial charge in [0.1, 0.15) is 12.6 Å². The maximum absolute atomic E-state index is 10.9. The first-order chi connectivity index (χ1) is 8.67. The van der Waals surface area contributed by atoms with E-state index in [0.29, 0.717) is 5.88 Å². The van der Waals surface area contributed by atoms with E-state index in [1.807, 2.05) is 6.92 Å². The van der Waals surface area contributed by atoms with E-state index in [9.17, 15) is 4.79 Å². The van der Waals surface area contributed by atoms with Crippen LogP contribution < -0.4 is 37.3 Å². The van der Waals surface area contributed by atoms with Crippen LogP contribution >= 0.6 is 0 Å². The Labute approximate surface area is 103 Å². The minimum absolute atomic E-state index is 0.168. The monoisotopic (exact) mass is 255 g/mol. The molecule has 0 saturated carbocycles. The summed E-state index contributed by atoms with van der Waals surface area (Å²) in [4.78, 5) is 10.9. The lowest BCUT2D eigenvalue weighted by molar-refractivity contribution is 0.0365. The molecule has 0 aromatic carbocycles. The maximum Gasteiger partial charge on any atom is 0.264 e. The first-order valence-electron chi connectivity index (χ1n) is 5.67. The van der Waals surface area contributed by atoms with Crippen LogP contribution in [0.15, 0.2) is 16.9 Å². The predicted octanol–water partition coefficient (Wildman–Crippen LogP) is -2.65. The van der Waals surface area contributed by atoms with Crippen molar-refractivity contribution in [1.82, 2.24) is 31.5 Å². The van der Waals surface area contributed by atoms with Gasteiger partial charge in [0.2, 0.25) is 12.2 Å². The van der Waals surface area contributed by atoms with Crippen LogP contribution in [0, 0.1) is 0 Å². The second-order valence-corrected chi connectivity index (χ2v) is 3.73. The lowest BCUT2D eigenvalue weighted by Gasteiger charge is -2.36. The zero-order chi connectivity index (χ0) is 13.0. The maximum atomic E-state index is 10.9. The number of H-pyrrole nitrogens is 1. The van der Waals surface area contributed by atoms with Crippen LogP contribution in [0.2, 0.25) is 0 Å². The molecule has 0 aliphatic carbocycles. The Morgan fingerprint density at radius 3 is 2.94 bits per heavy atom. The Morgan fingerprint density at radius 2 is 2.28 bits per heavy atom. The van der Waals surface area contributed by atoms with Crippen LogP contribution in [-0.4, -0.2) is 35.7 Å². The van der Waals surface area contributed by atoms with Crippen molar-refractivity contribution in [2.75, 3.05) is 6.54 Å². The topological polar surface area (TPSA) is 129 Å². The largest absolute Gasteiger partial charge is 0.444 e. The van der Waals surface area contributed by atoms with E-state index in [-0.39, 0.29) is 11.8 Å². The van der Waals surface area contributed by atoms with Crippen LogP contribution in [0.4, 0.5) is 0 Å². The molecule has 1 fully saturated rings. The average Bonchev–Trinajstić information content (AvgIpc) is 2.32. The van der Waals surface area contributed by atoms with E-state index in [1.165, 1.54) is 12.1 Å². The number of nitrogens with one attached hydrogen (secondary N) is 5. The second kappa shape index (κ2) is 5.89. The highest BCUT2D eigenvalue weighted by Gasteiger charge is 2.25. The molecule has 100 valence electrons. The van der Waals surface area contributed by atoms with Gasteiger partial charge in [-0.1, -0.05) is 6.92 Å². The summed E-state index contributed by atoms with van der Waals surface area (Å²) in [7, 11) is 0. The molecule has 1 saturated heterocycles. The molecule has 0 bridgehead atoms. The molecule has 3 atom stereocenters. The molecule has 3 unspecified atom stereocenters. The number of hydrogen-bond donors (Lipinski definition) is 6. The molecule has 1 aliphatic rings. The van der Waals surface area contributed by atoms with Crippen molar-refractivity contribution in [3.05, 3.63) is 22.5 Å². The predicted molar refractivity (Wildman–Crippen MR) is 64.1 cm³/mol. The summed E-state index contributed by atoms with van der Waals surface area (Å²) >= 11 is 0. The van der Waals surface area contributed by atoms with E-state index in [4.69, 9.17) is 10.5 Å². The van der Waals surface area contributed by atoms with Crippen LogP contribution in [-0.2, 0) is 0 Å². The number of rotatable bonds is 4. The molecule has 0 radical (unpaired) electrons. The lowest BCUT2D eigenvalue weighted by Crippen LogP contribution is -2.74. The molecule has 0 spiro atoms. The van der Waals surface area contributed by atoms with E-state index in [1.54, 1.807) is 0 Å². The van der Waals surface area contributed by atoms with E-state index >= 15 is 0 Å². The fourth-order valence-corrected chi connectivity index (χ4v) is 1.55. The van der Waals surface area contributed by atoms with Crippen molar-refractivity contribution in [2.45, 2.75) is 25.9 Å². The summed E-state index contributed by atoms with van der Waals surface area (Å²) in [5.41, 5.74) is 5.48. The van der Waals surface area contributed by atoms with E-state index in [0.717, 1.165) is 6.54 Å². The summed E-state index contributed by atoms with van der Waals surface area (Å²) in [6.07, 6.45) is -1.09. The van der Waals surface area contributed by atoms with Gasteiger partial charge in [-0.25, -0.2) is 15.7 Å². The summed E-state index contributed by atoms with van der Waals surface area (Å²) in [6.45, 7) is 2.76. The molecule has 2 heterocycles. The number of nitrogens with two attached hydrogens (primary N) is 1.